The number of esters is 1. The first-order valence-electron chi connectivity index (χ1n) is 11.7. The standard InChI is InChI=1S/C25H39NO4S/c1-6-28-23(27)12-10-9-11-16-25(5)19(4)26(17-15-24(29-7-2)30-8-3)22-14-13-20(31)18-21(22)25/h13-14,18,24H,6-12,15-17H2,1-5H3/p+1. The van der Waals surface area contributed by atoms with Crippen LogP contribution in [0.3, 0.4) is 0 Å². The number of ether oxygens (including phenoxy) is 3. The van der Waals surface area contributed by atoms with E-state index in [1.165, 1.54) is 17.0 Å². The van der Waals surface area contributed by atoms with Crippen molar-refractivity contribution in [2.45, 2.75) is 89.7 Å². The molecule has 1 unspecified atom stereocenters. The third kappa shape index (κ3) is 6.80. The average molecular weight is 451 g/mol. The fourth-order valence-electron chi connectivity index (χ4n) is 4.46. The molecule has 2 rings (SSSR count). The lowest BCUT2D eigenvalue weighted by molar-refractivity contribution is -0.444. The summed E-state index contributed by atoms with van der Waals surface area (Å²) in [6.07, 6.45) is 5.16. The molecule has 6 heteroatoms. The fraction of sp³-hybridized carbons (Fsp3) is 0.680. The minimum Gasteiger partial charge on any atom is -0.466 e. The van der Waals surface area contributed by atoms with Gasteiger partial charge in [-0.25, -0.2) is 0 Å². The maximum Gasteiger partial charge on any atom is 0.305 e. The Bertz CT molecular complexity index is 758. The first kappa shape index (κ1) is 25.9. The monoisotopic (exact) mass is 450 g/mol. The predicted molar refractivity (Wildman–Crippen MR) is 128 cm³/mol. The minimum absolute atomic E-state index is 0.0370. The van der Waals surface area contributed by atoms with Crippen LogP contribution < -0.4 is 0 Å². The molecule has 1 aromatic carbocycles. The van der Waals surface area contributed by atoms with Gasteiger partial charge in [0.15, 0.2) is 18.5 Å². The van der Waals surface area contributed by atoms with Crippen LogP contribution in [0, 0.1) is 0 Å². The summed E-state index contributed by atoms with van der Waals surface area (Å²) in [7, 11) is 0. The quantitative estimate of drug-likeness (QED) is 0.131. The van der Waals surface area contributed by atoms with Gasteiger partial charge in [0.2, 0.25) is 5.69 Å². The number of hydrogen-bond donors (Lipinski definition) is 1. The SMILES string of the molecule is CCOC(=O)CCCCCC1(C)C(C)=[N+](CCC(OCC)OCC)c2ccc(S)cc21. The largest absolute Gasteiger partial charge is 0.466 e. The number of carbonyl (C=O) groups excluding carboxylic acids is 1. The lowest BCUT2D eigenvalue weighted by Crippen LogP contribution is -2.31. The molecular weight excluding hydrogens is 410 g/mol. The van der Waals surface area contributed by atoms with E-state index in [1.54, 1.807) is 0 Å². The molecule has 0 amide bonds. The molecule has 0 aromatic heterocycles. The zero-order valence-corrected chi connectivity index (χ0v) is 20.8. The zero-order valence-electron chi connectivity index (χ0n) is 19.9. The molecule has 5 nitrogen and oxygen atoms in total. The number of carbonyl (C=O) groups is 1. The predicted octanol–water partition coefficient (Wildman–Crippen LogP) is 5.65. The number of unbranched alkanes of at least 4 members (excludes halogenated alkanes) is 2. The van der Waals surface area contributed by atoms with Gasteiger partial charge in [0.05, 0.1) is 18.4 Å². The number of thiol groups is 1. The van der Waals surface area contributed by atoms with Gasteiger partial charge in [-0.2, -0.15) is 4.58 Å². The summed E-state index contributed by atoms with van der Waals surface area (Å²) in [6, 6.07) is 6.46. The highest BCUT2D eigenvalue weighted by molar-refractivity contribution is 7.80. The van der Waals surface area contributed by atoms with Gasteiger partial charge >= 0.3 is 5.97 Å². The van der Waals surface area contributed by atoms with E-state index in [-0.39, 0.29) is 17.7 Å². The van der Waals surface area contributed by atoms with Gasteiger partial charge in [-0.15, -0.1) is 12.6 Å². The topological polar surface area (TPSA) is 47.8 Å². The fourth-order valence-corrected chi connectivity index (χ4v) is 4.66. The Kier molecular flexibility index (Phi) is 10.5. The average Bonchev–Trinajstić information content (AvgIpc) is 2.93. The van der Waals surface area contributed by atoms with E-state index in [9.17, 15) is 4.79 Å². The van der Waals surface area contributed by atoms with E-state index in [1.807, 2.05) is 20.8 Å². The van der Waals surface area contributed by atoms with Crippen LogP contribution in [0.1, 0.15) is 78.7 Å². The number of rotatable bonds is 14. The first-order valence-corrected chi connectivity index (χ1v) is 12.2. The summed E-state index contributed by atoms with van der Waals surface area (Å²) < 4.78 is 19.0. The van der Waals surface area contributed by atoms with Gasteiger partial charge < -0.3 is 14.2 Å². The molecule has 174 valence electrons. The van der Waals surface area contributed by atoms with E-state index < -0.39 is 0 Å². The molecule has 0 spiro atoms. The van der Waals surface area contributed by atoms with Gasteiger partial charge in [-0.3, -0.25) is 4.79 Å². The van der Waals surface area contributed by atoms with Crippen LogP contribution in [0.2, 0.25) is 0 Å². The molecule has 0 fully saturated rings. The van der Waals surface area contributed by atoms with Gasteiger partial charge in [0, 0.05) is 43.1 Å². The van der Waals surface area contributed by atoms with Crippen molar-refractivity contribution < 1.29 is 23.6 Å². The van der Waals surface area contributed by atoms with Crippen molar-refractivity contribution >= 4 is 30.0 Å². The van der Waals surface area contributed by atoms with Crippen LogP contribution in [-0.2, 0) is 24.4 Å². The van der Waals surface area contributed by atoms with Crippen molar-refractivity contribution in [3.05, 3.63) is 23.8 Å². The van der Waals surface area contributed by atoms with E-state index >= 15 is 0 Å². The van der Waals surface area contributed by atoms with Crippen LogP contribution in [0.15, 0.2) is 23.1 Å². The Balaban J connectivity index is 2.10. The maximum atomic E-state index is 11.6. The Morgan fingerprint density at radius 1 is 1.10 bits per heavy atom. The van der Waals surface area contributed by atoms with Gasteiger partial charge in [-0.1, -0.05) is 12.8 Å². The third-order valence-electron chi connectivity index (χ3n) is 6.23. The third-order valence-corrected chi connectivity index (χ3v) is 6.50. The summed E-state index contributed by atoms with van der Waals surface area (Å²) in [6.45, 7) is 13.0. The molecule has 0 saturated carbocycles. The zero-order chi connectivity index (χ0) is 22.9. The summed E-state index contributed by atoms with van der Waals surface area (Å²) in [5, 5.41) is 0. The van der Waals surface area contributed by atoms with Crippen molar-refractivity contribution in [1.82, 2.24) is 0 Å². The van der Waals surface area contributed by atoms with Crippen LogP contribution in [0.25, 0.3) is 0 Å². The van der Waals surface area contributed by atoms with Crippen molar-refractivity contribution in [3.63, 3.8) is 0 Å². The van der Waals surface area contributed by atoms with E-state index in [4.69, 9.17) is 14.2 Å². The Hall–Kier alpha value is -1.37. The minimum atomic E-state index is -0.176. The van der Waals surface area contributed by atoms with Crippen molar-refractivity contribution in [1.29, 1.82) is 0 Å². The van der Waals surface area contributed by atoms with Crippen LogP contribution >= 0.6 is 12.6 Å². The molecule has 1 aliphatic heterocycles. The second kappa shape index (κ2) is 12.6. The van der Waals surface area contributed by atoms with E-state index in [0.29, 0.717) is 26.2 Å². The number of fused-ring (bicyclic) bond motifs is 1. The van der Waals surface area contributed by atoms with Crippen LogP contribution in [0.5, 0.6) is 0 Å². The lowest BCUT2D eigenvalue weighted by Gasteiger charge is -2.22. The van der Waals surface area contributed by atoms with Crippen LogP contribution in [-0.4, -0.2) is 48.9 Å². The molecule has 1 heterocycles. The molecule has 31 heavy (non-hydrogen) atoms. The molecule has 1 atom stereocenters. The molecule has 1 aromatic rings. The normalized spacial score (nSPS) is 18.0. The molecule has 0 radical (unpaired) electrons. The molecule has 0 N–H and O–H groups in total. The molecule has 1 aliphatic rings. The van der Waals surface area contributed by atoms with Gasteiger partial charge in [0.25, 0.3) is 0 Å². The van der Waals surface area contributed by atoms with Crippen molar-refractivity contribution in [2.24, 2.45) is 0 Å². The first-order chi connectivity index (χ1) is 14.9. The molecular formula is C25H40NO4S+. The lowest BCUT2D eigenvalue weighted by atomic mass is 9.76. The van der Waals surface area contributed by atoms with Crippen molar-refractivity contribution in [2.75, 3.05) is 26.4 Å². The van der Waals surface area contributed by atoms with E-state index in [0.717, 1.165) is 43.5 Å². The molecule has 0 saturated heterocycles. The number of benzene rings is 1. The summed E-state index contributed by atoms with van der Waals surface area (Å²) in [5.41, 5.74) is 3.92. The highest BCUT2D eigenvalue weighted by atomic mass is 32.1. The highest BCUT2D eigenvalue weighted by Gasteiger charge is 2.46. The highest BCUT2D eigenvalue weighted by Crippen LogP contribution is 2.44. The Morgan fingerprint density at radius 2 is 1.81 bits per heavy atom. The number of nitrogens with zero attached hydrogens (tertiary/aromatic N) is 1. The smallest absolute Gasteiger partial charge is 0.305 e. The van der Waals surface area contributed by atoms with E-state index in [2.05, 4.69) is 49.3 Å². The summed E-state index contributed by atoms with van der Waals surface area (Å²) in [4.78, 5) is 12.6. The van der Waals surface area contributed by atoms with Crippen molar-refractivity contribution in [3.8, 4) is 0 Å². The summed E-state index contributed by atoms with van der Waals surface area (Å²) in [5.74, 6) is -0.0910. The van der Waals surface area contributed by atoms with Crippen LogP contribution in [0.4, 0.5) is 5.69 Å². The molecule has 0 aliphatic carbocycles. The number of hydrogen-bond acceptors (Lipinski definition) is 5. The Morgan fingerprint density at radius 3 is 2.45 bits per heavy atom. The van der Waals surface area contributed by atoms with Gasteiger partial charge in [-0.05, 0) is 52.7 Å². The second-order valence-corrected chi connectivity index (χ2v) is 8.78. The maximum absolute atomic E-state index is 11.6. The molecule has 0 bridgehead atoms. The Labute approximate surface area is 193 Å². The summed E-state index contributed by atoms with van der Waals surface area (Å²) >= 11 is 4.61. The van der Waals surface area contributed by atoms with Gasteiger partial charge in [0.1, 0.15) is 0 Å². The second-order valence-electron chi connectivity index (χ2n) is 8.27.